The number of anilines is 1. The third kappa shape index (κ3) is 6.17. The Morgan fingerprint density at radius 3 is 2.38 bits per heavy atom. The van der Waals surface area contributed by atoms with E-state index in [1.54, 1.807) is 24.3 Å². The minimum absolute atomic E-state index is 0.0518. The third-order valence-corrected chi connectivity index (χ3v) is 8.07. The number of halogens is 1. The van der Waals surface area contributed by atoms with Crippen molar-refractivity contribution in [1.82, 2.24) is 9.62 Å². The Labute approximate surface area is 196 Å². The van der Waals surface area contributed by atoms with Gasteiger partial charge in [-0.1, -0.05) is 54.1 Å². The lowest BCUT2D eigenvalue weighted by Crippen LogP contribution is -2.35. The van der Waals surface area contributed by atoms with E-state index in [1.165, 1.54) is 19.2 Å². The first-order chi connectivity index (χ1) is 15.3. The molecule has 0 aliphatic heterocycles. The molecule has 3 rings (SSSR count). The Morgan fingerprint density at radius 2 is 1.69 bits per heavy atom. The van der Waals surface area contributed by atoms with Gasteiger partial charge in [0.15, 0.2) is 0 Å². The number of thiophene rings is 1. The smallest absolute Gasteiger partial charge is 0.253 e. The maximum Gasteiger partial charge on any atom is 0.253 e. The Balaban J connectivity index is 1.61. The molecule has 1 heterocycles. The third-order valence-electron chi connectivity index (χ3n) is 4.57. The zero-order chi connectivity index (χ0) is 23.1. The van der Waals surface area contributed by atoms with E-state index in [0.717, 1.165) is 21.2 Å². The fourth-order valence-corrected chi connectivity index (χ4v) is 5.74. The van der Waals surface area contributed by atoms with Crippen LogP contribution in [0.2, 0.25) is 4.34 Å². The molecule has 2 aromatic carbocycles. The molecule has 0 radical (unpaired) electrons. The zero-order valence-electron chi connectivity index (χ0n) is 17.2. The van der Waals surface area contributed by atoms with Gasteiger partial charge in [0.1, 0.15) is 4.21 Å². The highest BCUT2D eigenvalue weighted by atomic mass is 35.5. The number of benzene rings is 2. The number of hydrogen-bond acceptors (Lipinski definition) is 5. The second-order valence-corrected chi connectivity index (χ2v) is 10.9. The number of sulfonamides is 1. The maximum atomic E-state index is 12.6. The van der Waals surface area contributed by atoms with Crippen molar-refractivity contribution in [3.8, 4) is 0 Å². The number of nitrogens with zero attached hydrogens (tertiary/aromatic N) is 1. The summed E-state index contributed by atoms with van der Waals surface area (Å²) in [6.07, 6.45) is 0.677. The van der Waals surface area contributed by atoms with Gasteiger partial charge in [-0.25, -0.2) is 8.42 Å². The number of hydrogen-bond donors (Lipinski definition) is 2. The first-order valence-electron chi connectivity index (χ1n) is 9.70. The molecule has 0 bridgehead atoms. The SMILES string of the molecule is CN(CC(=O)Nc1ccccc1C(=O)NCCc1ccccc1)S(=O)(=O)c1ccc(Cl)s1. The number of rotatable bonds is 9. The van der Waals surface area contributed by atoms with Gasteiger partial charge < -0.3 is 10.6 Å². The van der Waals surface area contributed by atoms with Crippen molar-refractivity contribution in [3.63, 3.8) is 0 Å². The molecule has 0 aliphatic carbocycles. The lowest BCUT2D eigenvalue weighted by molar-refractivity contribution is -0.116. The van der Waals surface area contributed by atoms with Crippen LogP contribution in [0, 0.1) is 0 Å². The van der Waals surface area contributed by atoms with Crippen LogP contribution in [-0.2, 0) is 21.2 Å². The topological polar surface area (TPSA) is 95.6 Å². The van der Waals surface area contributed by atoms with Crippen LogP contribution in [0.4, 0.5) is 5.69 Å². The summed E-state index contributed by atoms with van der Waals surface area (Å²) < 4.78 is 26.5. The Kier molecular flexibility index (Phi) is 8.03. The fourth-order valence-electron chi connectivity index (χ4n) is 2.92. The molecule has 0 unspecified atom stereocenters. The molecular formula is C22H22ClN3O4S2. The van der Waals surface area contributed by atoms with E-state index in [-0.39, 0.29) is 10.1 Å². The Bertz CT molecular complexity index is 1200. The van der Waals surface area contributed by atoms with Gasteiger partial charge in [0.25, 0.3) is 15.9 Å². The summed E-state index contributed by atoms with van der Waals surface area (Å²) in [6.45, 7) is 0.0251. The van der Waals surface area contributed by atoms with Crippen LogP contribution < -0.4 is 10.6 Å². The summed E-state index contributed by atoms with van der Waals surface area (Å²) in [4.78, 5) is 25.1. The first kappa shape index (κ1) is 23.9. The standard InChI is InChI=1S/C22H22ClN3O4S2/c1-26(32(29,30)21-12-11-19(23)31-21)15-20(27)25-18-10-6-5-9-17(18)22(28)24-14-13-16-7-3-2-4-8-16/h2-12H,13-15H2,1H3,(H,24,28)(H,25,27). The summed E-state index contributed by atoms with van der Waals surface area (Å²) in [5, 5.41) is 5.47. The van der Waals surface area contributed by atoms with Crippen LogP contribution in [0.5, 0.6) is 0 Å². The lowest BCUT2D eigenvalue weighted by Gasteiger charge is -2.17. The van der Waals surface area contributed by atoms with E-state index in [1.807, 2.05) is 30.3 Å². The van der Waals surface area contributed by atoms with Crippen molar-refractivity contribution in [3.05, 3.63) is 82.2 Å². The van der Waals surface area contributed by atoms with Crippen LogP contribution in [0.1, 0.15) is 15.9 Å². The van der Waals surface area contributed by atoms with Gasteiger partial charge in [-0.05, 0) is 36.2 Å². The number of amides is 2. The molecule has 0 saturated carbocycles. The molecule has 0 spiro atoms. The molecule has 1 aromatic heterocycles. The van der Waals surface area contributed by atoms with Crippen molar-refractivity contribution in [2.75, 3.05) is 25.5 Å². The van der Waals surface area contributed by atoms with Crippen LogP contribution in [0.3, 0.4) is 0 Å². The predicted octanol–water partition coefficient (Wildman–Crippen LogP) is 3.63. The molecule has 168 valence electrons. The van der Waals surface area contributed by atoms with Gasteiger partial charge >= 0.3 is 0 Å². The summed E-state index contributed by atoms with van der Waals surface area (Å²) >= 11 is 6.74. The van der Waals surface area contributed by atoms with Gasteiger partial charge in [0.2, 0.25) is 5.91 Å². The molecular weight excluding hydrogens is 470 g/mol. The van der Waals surface area contributed by atoms with Crippen LogP contribution in [-0.4, -0.2) is 44.7 Å². The molecule has 32 heavy (non-hydrogen) atoms. The predicted molar refractivity (Wildman–Crippen MR) is 127 cm³/mol. The Morgan fingerprint density at radius 1 is 1.00 bits per heavy atom. The number of para-hydroxylation sites is 1. The molecule has 2 N–H and O–H groups in total. The molecule has 0 fully saturated rings. The van der Waals surface area contributed by atoms with E-state index in [2.05, 4.69) is 10.6 Å². The minimum atomic E-state index is -3.84. The summed E-state index contributed by atoms with van der Waals surface area (Å²) in [5.41, 5.74) is 1.70. The van der Waals surface area contributed by atoms with E-state index in [0.29, 0.717) is 28.6 Å². The fraction of sp³-hybridized carbons (Fsp3) is 0.182. The molecule has 2 amide bonds. The van der Waals surface area contributed by atoms with Gasteiger partial charge in [0.05, 0.1) is 22.1 Å². The van der Waals surface area contributed by atoms with Gasteiger partial charge in [0, 0.05) is 13.6 Å². The number of carbonyl (C=O) groups excluding carboxylic acids is 2. The summed E-state index contributed by atoms with van der Waals surface area (Å²) in [5.74, 6) is -0.894. The van der Waals surface area contributed by atoms with Crippen LogP contribution >= 0.6 is 22.9 Å². The van der Waals surface area contributed by atoms with Gasteiger partial charge in [-0.15, -0.1) is 11.3 Å². The van der Waals surface area contributed by atoms with E-state index in [4.69, 9.17) is 11.6 Å². The van der Waals surface area contributed by atoms with Crippen LogP contribution in [0.15, 0.2) is 70.9 Å². The lowest BCUT2D eigenvalue weighted by atomic mass is 10.1. The minimum Gasteiger partial charge on any atom is -0.352 e. The molecule has 0 aliphatic rings. The quantitative estimate of drug-likeness (QED) is 0.477. The summed E-state index contributed by atoms with van der Waals surface area (Å²) in [6, 6.07) is 19.2. The van der Waals surface area contributed by atoms with Crippen molar-refractivity contribution in [2.45, 2.75) is 10.6 Å². The van der Waals surface area contributed by atoms with Crippen molar-refractivity contribution >= 4 is 50.5 Å². The largest absolute Gasteiger partial charge is 0.352 e. The number of likely N-dealkylation sites (N-methyl/N-ethyl adjacent to an activating group) is 1. The monoisotopic (exact) mass is 491 g/mol. The Hall–Kier alpha value is -2.72. The van der Waals surface area contributed by atoms with E-state index in [9.17, 15) is 18.0 Å². The normalized spacial score (nSPS) is 11.3. The molecule has 10 heteroatoms. The summed E-state index contributed by atoms with van der Waals surface area (Å²) in [7, 11) is -2.53. The van der Waals surface area contributed by atoms with Crippen molar-refractivity contribution < 1.29 is 18.0 Å². The van der Waals surface area contributed by atoms with E-state index < -0.39 is 22.5 Å². The highest BCUT2D eigenvalue weighted by Crippen LogP contribution is 2.27. The van der Waals surface area contributed by atoms with Gasteiger partial charge in [-0.3, -0.25) is 9.59 Å². The van der Waals surface area contributed by atoms with Crippen molar-refractivity contribution in [2.24, 2.45) is 0 Å². The number of nitrogens with one attached hydrogen (secondary N) is 2. The van der Waals surface area contributed by atoms with Crippen molar-refractivity contribution in [1.29, 1.82) is 0 Å². The van der Waals surface area contributed by atoms with E-state index >= 15 is 0 Å². The molecule has 0 atom stereocenters. The highest BCUT2D eigenvalue weighted by molar-refractivity contribution is 7.91. The molecule has 3 aromatic rings. The highest BCUT2D eigenvalue weighted by Gasteiger charge is 2.25. The zero-order valence-corrected chi connectivity index (χ0v) is 19.6. The van der Waals surface area contributed by atoms with Crippen LogP contribution in [0.25, 0.3) is 0 Å². The average Bonchev–Trinajstić information content (AvgIpc) is 3.22. The average molecular weight is 492 g/mol. The van der Waals surface area contributed by atoms with Gasteiger partial charge in [-0.2, -0.15) is 4.31 Å². The molecule has 0 saturated heterocycles. The first-order valence-corrected chi connectivity index (χ1v) is 12.3. The second-order valence-electron chi connectivity index (χ2n) is 6.90. The maximum absolute atomic E-state index is 12.6. The second kappa shape index (κ2) is 10.7. The molecule has 7 nitrogen and oxygen atoms in total. The number of carbonyl (C=O) groups is 2.